The number of nitrogens with zero attached hydrogens (tertiary/aromatic N) is 3. The van der Waals surface area contributed by atoms with Gasteiger partial charge in [-0.3, -0.25) is 9.69 Å². The third-order valence-electron chi connectivity index (χ3n) is 6.49. The number of H-pyrrole nitrogens is 1. The Kier molecular flexibility index (Phi) is 5.84. The normalized spacial score (nSPS) is 15.9. The van der Waals surface area contributed by atoms with Crippen molar-refractivity contribution in [2.75, 3.05) is 14.2 Å². The van der Waals surface area contributed by atoms with Crippen molar-refractivity contribution in [3.8, 4) is 5.75 Å². The van der Waals surface area contributed by atoms with Gasteiger partial charge in [0.25, 0.3) is 0 Å². The van der Waals surface area contributed by atoms with E-state index in [1.54, 1.807) is 13.4 Å². The number of aromatic amines is 1. The predicted octanol–water partition coefficient (Wildman–Crippen LogP) is 4.16. The number of carbonyl (C=O) groups excluding carboxylic acids is 1. The molecular formula is C27H28N4O2. The highest BCUT2D eigenvalue weighted by molar-refractivity contribution is 5.91. The van der Waals surface area contributed by atoms with E-state index in [4.69, 9.17) is 4.74 Å². The first-order valence-electron chi connectivity index (χ1n) is 11.2. The number of hydrogen-bond acceptors (Lipinski definition) is 4. The van der Waals surface area contributed by atoms with Crippen LogP contribution in [-0.4, -0.2) is 45.9 Å². The third kappa shape index (κ3) is 4.22. The Morgan fingerprint density at radius 3 is 2.64 bits per heavy atom. The van der Waals surface area contributed by atoms with E-state index in [1.165, 1.54) is 5.56 Å². The Morgan fingerprint density at radius 1 is 1.09 bits per heavy atom. The molecule has 0 spiro atoms. The second-order valence-electron chi connectivity index (χ2n) is 8.61. The molecule has 1 aliphatic rings. The SMILES string of the molecule is COc1ccc(CN2Cc3[nH]cnc3CC2C(=O)N(C)Cc2ccccc2)c2ccccc12. The van der Waals surface area contributed by atoms with Crippen molar-refractivity contribution in [3.05, 3.63) is 95.6 Å². The summed E-state index contributed by atoms with van der Waals surface area (Å²) in [6.45, 7) is 1.91. The van der Waals surface area contributed by atoms with E-state index in [0.717, 1.165) is 33.5 Å². The Morgan fingerprint density at radius 2 is 1.85 bits per heavy atom. The van der Waals surface area contributed by atoms with Gasteiger partial charge in [-0.1, -0.05) is 60.7 Å². The zero-order valence-corrected chi connectivity index (χ0v) is 19.0. The summed E-state index contributed by atoms with van der Waals surface area (Å²) in [6, 6.07) is 22.2. The van der Waals surface area contributed by atoms with Crippen LogP contribution in [0.25, 0.3) is 10.8 Å². The van der Waals surface area contributed by atoms with Crippen LogP contribution < -0.4 is 4.74 Å². The van der Waals surface area contributed by atoms with Crippen molar-refractivity contribution in [1.82, 2.24) is 19.8 Å². The van der Waals surface area contributed by atoms with Gasteiger partial charge in [0.1, 0.15) is 5.75 Å². The molecule has 0 fully saturated rings. The molecule has 168 valence electrons. The molecule has 0 bridgehead atoms. The topological polar surface area (TPSA) is 61.5 Å². The fourth-order valence-corrected chi connectivity index (χ4v) is 4.76. The lowest BCUT2D eigenvalue weighted by atomic mass is 9.98. The first-order valence-corrected chi connectivity index (χ1v) is 11.2. The summed E-state index contributed by atoms with van der Waals surface area (Å²) in [4.78, 5) is 25.5. The second kappa shape index (κ2) is 9.08. The molecule has 5 rings (SSSR count). The quantitative estimate of drug-likeness (QED) is 0.489. The molecule has 1 aliphatic heterocycles. The van der Waals surface area contributed by atoms with Gasteiger partial charge in [0.05, 0.1) is 30.9 Å². The molecule has 0 radical (unpaired) electrons. The number of ether oxygens (including phenoxy) is 1. The number of imidazole rings is 1. The molecule has 33 heavy (non-hydrogen) atoms. The van der Waals surface area contributed by atoms with Gasteiger partial charge in [0.15, 0.2) is 0 Å². The van der Waals surface area contributed by atoms with E-state index in [2.05, 4.69) is 45.2 Å². The lowest BCUT2D eigenvalue weighted by molar-refractivity contribution is -0.137. The van der Waals surface area contributed by atoms with Crippen molar-refractivity contribution < 1.29 is 9.53 Å². The van der Waals surface area contributed by atoms with E-state index in [0.29, 0.717) is 26.1 Å². The predicted molar refractivity (Wildman–Crippen MR) is 129 cm³/mol. The maximum Gasteiger partial charge on any atom is 0.240 e. The fraction of sp³-hybridized carbons (Fsp3) is 0.259. The van der Waals surface area contributed by atoms with Crippen LogP contribution in [0.3, 0.4) is 0 Å². The Labute approximate surface area is 193 Å². The maximum absolute atomic E-state index is 13.6. The summed E-state index contributed by atoms with van der Waals surface area (Å²) in [5.74, 6) is 0.976. The van der Waals surface area contributed by atoms with Gasteiger partial charge in [-0.05, 0) is 22.6 Å². The minimum absolute atomic E-state index is 0.116. The van der Waals surface area contributed by atoms with E-state index in [9.17, 15) is 4.79 Å². The Hall–Kier alpha value is -3.64. The maximum atomic E-state index is 13.6. The number of hydrogen-bond donors (Lipinski definition) is 1. The Bertz CT molecular complexity index is 1270. The molecule has 0 saturated carbocycles. The zero-order chi connectivity index (χ0) is 22.8. The molecule has 1 atom stereocenters. The molecule has 6 heteroatoms. The number of rotatable bonds is 6. The summed E-state index contributed by atoms with van der Waals surface area (Å²) < 4.78 is 5.57. The first-order chi connectivity index (χ1) is 16.1. The van der Waals surface area contributed by atoms with Crippen LogP contribution in [0.4, 0.5) is 0 Å². The van der Waals surface area contributed by atoms with Crippen LogP contribution in [0, 0.1) is 0 Å². The smallest absolute Gasteiger partial charge is 0.240 e. The number of nitrogens with one attached hydrogen (secondary N) is 1. The lowest BCUT2D eigenvalue weighted by Crippen LogP contribution is -2.50. The van der Waals surface area contributed by atoms with Gasteiger partial charge in [-0.15, -0.1) is 0 Å². The number of amides is 1. The van der Waals surface area contributed by atoms with Crippen LogP contribution >= 0.6 is 0 Å². The number of aromatic nitrogens is 2. The highest BCUT2D eigenvalue weighted by Crippen LogP contribution is 2.31. The molecule has 2 heterocycles. The molecule has 3 aromatic carbocycles. The number of fused-ring (bicyclic) bond motifs is 2. The van der Waals surface area contributed by atoms with Crippen molar-refractivity contribution in [2.24, 2.45) is 0 Å². The highest BCUT2D eigenvalue weighted by Gasteiger charge is 2.35. The fourth-order valence-electron chi connectivity index (χ4n) is 4.76. The average Bonchev–Trinajstić information content (AvgIpc) is 3.31. The van der Waals surface area contributed by atoms with E-state index >= 15 is 0 Å². The van der Waals surface area contributed by atoms with Gasteiger partial charge in [-0.2, -0.15) is 0 Å². The molecule has 6 nitrogen and oxygen atoms in total. The Balaban J connectivity index is 1.45. The van der Waals surface area contributed by atoms with Gasteiger partial charge < -0.3 is 14.6 Å². The molecule has 1 N–H and O–H groups in total. The van der Waals surface area contributed by atoms with Gasteiger partial charge in [0.2, 0.25) is 5.91 Å². The summed E-state index contributed by atoms with van der Waals surface area (Å²) in [7, 11) is 3.58. The molecule has 1 amide bonds. The van der Waals surface area contributed by atoms with Crippen LogP contribution in [0.15, 0.2) is 73.1 Å². The van der Waals surface area contributed by atoms with Crippen LogP contribution in [0.1, 0.15) is 22.5 Å². The average molecular weight is 441 g/mol. The lowest BCUT2D eigenvalue weighted by Gasteiger charge is -2.36. The van der Waals surface area contributed by atoms with Crippen molar-refractivity contribution >= 4 is 16.7 Å². The third-order valence-corrected chi connectivity index (χ3v) is 6.49. The summed E-state index contributed by atoms with van der Waals surface area (Å²) in [6.07, 6.45) is 2.33. The summed E-state index contributed by atoms with van der Waals surface area (Å²) >= 11 is 0. The van der Waals surface area contributed by atoms with Crippen molar-refractivity contribution in [3.63, 3.8) is 0 Å². The first kappa shape index (κ1) is 21.2. The van der Waals surface area contributed by atoms with Crippen molar-refractivity contribution in [1.29, 1.82) is 0 Å². The molecule has 0 aliphatic carbocycles. The number of likely N-dealkylation sites (N-methyl/N-ethyl adjacent to an activating group) is 1. The highest BCUT2D eigenvalue weighted by atomic mass is 16.5. The number of methoxy groups -OCH3 is 1. The van der Waals surface area contributed by atoms with E-state index < -0.39 is 0 Å². The standard InChI is InChI=1S/C27H28N4O2/c1-30(15-19-8-4-3-5-9-19)27(32)25-14-23-24(29-18-28-23)17-31(25)16-20-12-13-26(33-2)22-11-7-6-10-21(20)22/h3-13,18,25H,14-17H2,1-2H3,(H,28,29). The summed E-state index contributed by atoms with van der Waals surface area (Å²) in [5.41, 5.74) is 4.37. The molecule has 1 unspecified atom stereocenters. The molecular weight excluding hydrogens is 412 g/mol. The largest absolute Gasteiger partial charge is 0.496 e. The monoisotopic (exact) mass is 440 g/mol. The zero-order valence-electron chi connectivity index (χ0n) is 19.0. The minimum Gasteiger partial charge on any atom is -0.496 e. The van der Waals surface area contributed by atoms with E-state index in [1.807, 2.05) is 48.3 Å². The van der Waals surface area contributed by atoms with Crippen LogP contribution in [0.2, 0.25) is 0 Å². The molecule has 0 saturated heterocycles. The van der Waals surface area contributed by atoms with Crippen LogP contribution in [0.5, 0.6) is 5.75 Å². The number of benzene rings is 3. The minimum atomic E-state index is -0.268. The molecule has 4 aromatic rings. The number of carbonyl (C=O) groups is 1. The summed E-state index contributed by atoms with van der Waals surface area (Å²) in [5, 5.41) is 2.23. The van der Waals surface area contributed by atoms with Gasteiger partial charge in [-0.25, -0.2) is 4.98 Å². The van der Waals surface area contributed by atoms with E-state index in [-0.39, 0.29) is 11.9 Å². The van der Waals surface area contributed by atoms with Gasteiger partial charge >= 0.3 is 0 Å². The second-order valence-corrected chi connectivity index (χ2v) is 8.61. The van der Waals surface area contributed by atoms with Crippen LogP contribution in [-0.2, 0) is 30.8 Å². The van der Waals surface area contributed by atoms with Crippen molar-refractivity contribution in [2.45, 2.75) is 32.1 Å². The van der Waals surface area contributed by atoms with Gasteiger partial charge in [0, 0.05) is 38.5 Å². The molecule has 1 aromatic heterocycles.